The molecule has 0 saturated carbocycles. The highest BCUT2D eigenvalue weighted by Gasteiger charge is 2.27. The molecule has 0 unspecified atom stereocenters. The molecule has 0 bridgehead atoms. The van der Waals surface area contributed by atoms with Crippen molar-refractivity contribution in [3.63, 3.8) is 0 Å². The molecule has 0 aromatic carbocycles. The van der Waals surface area contributed by atoms with Crippen LogP contribution in [0.2, 0.25) is 0 Å². The summed E-state index contributed by atoms with van der Waals surface area (Å²) < 4.78 is 0. The lowest BCUT2D eigenvalue weighted by molar-refractivity contribution is 0.958. The Bertz CT molecular complexity index is 2890. The Morgan fingerprint density at radius 2 is 0.759 bits per heavy atom. The van der Waals surface area contributed by atoms with Crippen LogP contribution in [0, 0.1) is 82.9 Å². The molecule has 0 aliphatic carbocycles. The molecule has 24 nitrogen and oxygen atoms in total. The fourth-order valence-corrected chi connectivity index (χ4v) is 4.45. The lowest BCUT2D eigenvalue weighted by Gasteiger charge is -2.07. The molecule has 0 radical (unpaired) electrons. The van der Waals surface area contributed by atoms with Gasteiger partial charge in [-0.15, -0.1) is 9.97 Å². The summed E-state index contributed by atoms with van der Waals surface area (Å²) in [4.78, 5) is 74.5. The number of aromatic nitrogens is 9. The van der Waals surface area contributed by atoms with Gasteiger partial charge in [0.2, 0.25) is 16.5 Å². The van der Waals surface area contributed by atoms with Gasteiger partial charge in [0.1, 0.15) is 41.5 Å². The average Bonchev–Trinajstić information content (AvgIpc) is 3.92. The SMILES string of the molecule is [C-]#[N+]/C(=C1/N=c2nc(C#N)c([N+]#[C-])nc2=N1)c1nc(C(C#N)=C2N=c3nc(C#N)c(C#N)nc3=N2)nc(C(C#N)=C2N=c3nc([N+]#[C-])c([N+]#[C-])nc3=N2)n1. The summed E-state index contributed by atoms with van der Waals surface area (Å²) in [6.45, 7) is 29.8. The van der Waals surface area contributed by atoms with E-state index in [4.69, 9.17) is 26.3 Å². The van der Waals surface area contributed by atoms with Crippen LogP contribution < -0.4 is 32.9 Å². The summed E-state index contributed by atoms with van der Waals surface area (Å²) in [5.41, 5.74) is -3.67. The maximum absolute atomic E-state index is 10.3. The Morgan fingerprint density at radius 1 is 0.407 bits per heavy atom. The van der Waals surface area contributed by atoms with Gasteiger partial charge in [0, 0.05) is 0 Å². The largest absolute Gasteiger partial charge is 0.370 e. The summed E-state index contributed by atoms with van der Waals surface area (Å²) in [7, 11) is 0. The normalized spacial score (nSPS) is 12.9. The second-order valence-electron chi connectivity index (χ2n) is 9.68. The van der Waals surface area contributed by atoms with Gasteiger partial charge in [0.05, 0.1) is 6.57 Å². The minimum absolute atomic E-state index is 0.193. The van der Waals surface area contributed by atoms with E-state index in [2.05, 4.69) is 94.2 Å². The highest BCUT2D eigenvalue weighted by Crippen LogP contribution is 2.27. The number of rotatable bonds is 3. The molecular formula is C30N24. The molecule has 0 saturated heterocycles. The van der Waals surface area contributed by atoms with E-state index in [-0.39, 0.29) is 84.9 Å². The van der Waals surface area contributed by atoms with Gasteiger partial charge >= 0.3 is 16.8 Å². The van der Waals surface area contributed by atoms with Crippen LogP contribution in [0.5, 0.6) is 0 Å². The fraction of sp³-hybridized carbons (Fsp3) is 0. The third-order valence-corrected chi connectivity index (χ3v) is 6.72. The van der Waals surface area contributed by atoms with Crippen LogP contribution >= 0.6 is 0 Å². The number of allylic oxidation sites excluding steroid dienone is 2. The Kier molecular flexibility index (Phi) is 7.53. The van der Waals surface area contributed by atoms with Gasteiger partial charge in [0.25, 0.3) is 22.8 Å². The third-order valence-electron chi connectivity index (χ3n) is 6.72. The van der Waals surface area contributed by atoms with Crippen molar-refractivity contribution < 1.29 is 0 Å². The lowest BCUT2D eigenvalue weighted by Crippen LogP contribution is -2.31. The molecule has 24 heteroatoms. The first-order chi connectivity index (χ1) is 26.3. The zero-order valence-corrected chi connectivity index (χ0v) is 25.7. The molecule has 3 aliphatic rings. The van der Waals surface area contributed by atoms with Crippen LogP contribution in [0.25, 0.3) is 36.2 Å². The maximum atomic E-state index is 10.3. The zero-order valence-electron chi connectivity index (χ0n) is 25.7. The van der Waals surface area contributed by atoms with Crippen molar-refractivity contribution in [3.8, 4) is 30.3 Å². The average molecular weight is 696 g/mol. The first-order valence-electron chi connectivity index (χ1n) is 13.9. The van der Waals surface area contributed by atoms with Crippen molar-refractivity contribution in [1.29, 1.82) is 26.3 Å². The first-order valence-corrected chi connectivity index (χ1v) is 13.9. The van der Waals surface area contributed by atoms with Crippen molar-refractivity contribution in [3.05, 3.63) is 131 Å². The maximum Gasteiger partial charge on any atom is 0.317 e. The smallest absolute Gasteiger partial charge is 0.317 e. The standard InChI is InChI=1S/C30N24/c1-36-15(22-51-27-28(52-22)50-20(37-2)14(9-35)42-27)21-44-16(10(5-31)18-46-25-26(47-18)41-13(8-34)12(7-33)40-25)43-17(45-21)11(6-32)19-48-29-30(49-19)54-24(39-4)23(38-3)53-29/b22-15-. The second kappa shape index (κ2) is 12.6. The number of hydrogen-bond acceptors (Lipinski definition) is 20. The Morgan fingerprint density at radius 3 is 1.13 bits per heavy atom. The second-order valence-corrected chi connectivity index (χ2v) is 9.68. The summed E-state index contributed by atoms with van der Waals surface area (Å²) in [5, 5.41) is 48.8. The van der Waals surface area contributed by atoms with E-state index < -0.39 is 34.3 Å². The van der Waals surface area contributed by atoms with E-state index >= 15 is 0 Å². The third kappa shape index (κ3) is 5.15. The molecule has 0 fully saturated rings. The molecule has 3 aliphatic heterocycles. The van der Waals surface area contributed by atoms with Gasteiger partial charge in [-0.3, -0.25) is 0 Å². The Labute approximate surface area is 296 Å². The van der Waals surface area contributed by atoms with E-state index in [1.165, 1.54) is 0 Å². The molecule has 0 spiro atoms. The van der Waals surface area contributed by atoms with Crippen LogP contribution in [0.15, 0.2) is 47.4 Å². The van der Waals surface area contributed by atoms with Crippen molar-refractivity contribution in [2.45, 2.75) is 0 Å². The summed E-state index contributed by atoms with van der Waals surface area (Å²) >= 11 is 0. The molecule has 7 rings (SSSR count). The predicted octanol–water partition coefficient (Wildman–Crippen LogP) is -1.70. The number of nitriles is 5. The van der Waals surface area contributed by atoms with Crippen LogP contribution in [0.3, 0.4) is 0 Å². The van der Waals surface area contributed by atoms with E-state index in [9.17, 15) is 26.3 Å². The van der Waals surface area contributed by atoms with Gasteiger partial charge in [0.15, 0.2) is 52.0 Å². The Balaban J connectivity index is 1.51. The molecule has 0 amide bonds. The van der Waals surface area contributed by atoms with Gasteiger partial charge in [-0.2, -0.15) is 41.3 Å². The number of nitrogens with zero attached hydrogens (tertiary/aromatic N) is 24. The molecule has 4 aromatic rings. The minimum Gasteiger partial charge on any atom is -0.370 e. The molecule has 7 heterocycles. The molecule has 240 valence electrons. The van der Waals surface area contributed by atoms with Gasteiger partial charge in [-0.05, 0) is 0 Å². The molecule has 0 atom stereocenters. The predicted molar refractivity (Wildman–Crippen MR) is 164 cm³/mol. The quantitative estimate of drug-likeness (QED) is 0.170. The number of hydrogen-bond donors (Lipinski definition) is 0. The van der Waals surface area contributed by atoms with Crippen molar-refractivity contribution >= 4 is 34.3 Å². The summed E-state index contributed by atoms with van der Waals surface area (Å²) in [6.07, 6.45) is 0. The van der Waals surface area contributed by atoms with E-state index in [1.54, 1.807) is 18.2 Å². The van der Waals surface area contributed by atoms with Gasteiger partial charge in [-0.1, -0.05) is 24.7 Å². The lowest BCUT2D eigenvalue weighted by atomic mass is 10.2. The van der Waals surface area contributed by atoms with Crippen LogP contribution in [-0.2, 0) is 0 Å². The van der Waals surface area contributed by atoms with Gasteiger partial charge in [-0.25, -0.2) is 49.7 Å². The first kappa shape index (κ1) is 32.2. The minimum atomic E-state index is -0.518. The monoisotopic (exact) mass is 696 g/mol. The number of fused-ring (bicyclic) bond motifs is 3. The van der Waals surface area contributed by atoms with Crippen molar-refractivity contribution in [1.82, 2.24) is 44.9 Å². The summed E-state index contributed by atoms with van der Waals surface area (Å²) in [5.74, 6) is -3.74. The summed E-state index contributed by atoms with van der Waals surface area (Å²) in [6, 6.07) is 8.87. The van der Waals surface area contributed by atoms with Crippen LogP contribution in [0.1, 0.15) is 34.6 Å². The van der Waals surface area contributed by atoms with Crippen LogP contribution in [0.4, 0.5) is 17.5 Å². The topological polar surface area (TPSA) is 327 Å². The van der Waals surface area contributed by atoms with E-state index in [0.717, 1.165) is 0 Å². The van der Waals surface area contributed by atoms with Crippen molar-refractivity contribution in [2.24, 2.45) is 30.0 Å². The molecule has 0 N–H and O–H groups in total. The highest BCUT2D eigenvalue weighted by molar-refractivity contribution is 5.80. The van der Waals surface area contributed by atoms with E-state index in [1.807, 2.05) is 12.1 Å². The van der Waals surface area contributed by atoms with Crippen molar-refractivity contribution in [2.75, 3.05) is 0 Å². The zero-order chi connectivity index (χ0) is 38.1. The highest BCUT2D eigenvalue weighted by atomic mass is 15.2. The molecule has 4 aromatic heterocycles. The fourth-order valence-electron chi connectivity index (χ4n) is 4.45. The molecular weight excluding hydrogens is 696 g/mol. The molecule has 54 heavy (non-hydrogen) atoms. The van der Waals surface area contributed by atoms with Crippen LogP contribution in [-0.4, -0.2) is 44.9 Å². The van der Waals surface area contributed by atoms with Gasteiger partial charge < -0.3 is 14.5 Å². The van der Waals surface area contributed by atoms with E-state index in [0.29, 0.717) is 0 Å². The Hall–Kier alpha value is -10.3.